The van der Waals surface area contributed by atoms with E-state index in [9.17, 15) is 9.59 Å². The Morgan fingerprint density at radius 1 is 1.18 bits per heavy atom. The van der Waals surface area contributed by atoms with Crippen molar-refractivity contribution in [3.8, 4) is 0 Å². The average Bonchev–Trinajstić information content (AvgIpc) is 3.06. The molecule has 0 saturated carbocycles. The van der Waals surface area contributed by atoms with E-state index in [1.807, 2.05) is 23.1 Å². The fourth-order valence-corrected chi connectivity index (χ4v) is 3.74. The lowest BCUT2D eigenvalue weighted by Crippen LogP contribution is -2.49. The summed E-state index contributed by atoms with van der Waals surface area (Å²) in [4.78, 5) is 32.5. The number of piperazine rings is 1. The number of anilines is 1. The maximum atomic E-state index is 12.5. The summed E-state index contributed by atoms with van der Waals surface area (Å²) in [6.07, 6.45) is 1.85. The molecule has 0 aliphatic carbocycles. The van der Waals surface area contributed by atoms with Crippen molar-refractivity contribution < 1.29 is 14.3 Å². The van der Waals surface area contributed by atoms with E-state index in [4.69, 9.17) is 4.74 Å². The molecule has 28 heavy (non-hydrogen) atoms. The number of amides is 1. The van der Waals surface area contributed by atoms with Crippen molar-refractivity contribution in [3.05, 3.63) is 30.2 Å². The van der Waals surface area contributed by atoms with Crippen LogP contribution in [0.5, 0.6) is 0 Å². The summed E-state index contributed by atoms with van der Waals surface area (Å²) in [5.41, 5.74) is 0. The van der Waals surface area contributed by atoms with Crippen LogP contribution in [0.1, 0.15) is 12.7 Å². The molecule has 10 heteroatoms. The van der Waals surface area contributed by atoms with E-state index in [0.29, 0.717) is 30.7 Å². The number of carbonyl (C=O) groups excluding carboxylic acids is 2. The van der Waals surface area contributed by atoms with E-state index >= 15 is 0 Å². The zero-order chi connectivity index (χ0) is 19.9. The maximum absolute atomic E-state index is 12.5. The molecule has 1 aliphatic rings. The highest BCUT2D eigenvalue weighted by Crippen LogP contribution is 2.18. The number of nitrogens with zero attached hydrogens (tertiary/aromatic N) is 6. The lowest BCUT2D eigenvalue weighted by atomic mass is 10.3. The largest absolute Gasteiger partial charge is 0.466 e. The number of thioether (sulfide) groups is 1. The van der Waals surface area contributed by atoms with Gasteiger partial charge in [0.15, 0.2) is 5.16 Å². The minimum absolute atomic E-state index is 0.0700. The predicted molar refractivity (Wildman–Crippen MR) is 105 cm³/mol. The number of aromatic nitrogens is 4. The van der Waals surface area contributed by atoms with Crippen LogP contribution in [-0.4, -0.2) is 75.1 Å². The Hall–Kier alpha value is -2.62. The van der Waals surface area contributed by atoms with E-state index in [1.54, 1.807) is 24.7 Å². The first-order chi connectivity index (χ1) is 13.6. The first kappa shape index (κ1) is 20.1. The predicted octanol–water partition coefficient (Wildman–Crippen LogP) is 0.757. The first-order valence-corrected chi connectivity index (χ1v) is 10.2. The molecule has 3 rings (SSSR count). The summed E-state index contributed by atoms with van der Waals surface area (Å²) >= 11 is 1.33. The van der Waals surface area contributed by atoms with E-state index in [-0.39, 0.29) is 24.1 Å². The molecule has 2 aromatic heterocycles. The summed E-state index contributed by atoms with van der Waals surface area (Å²) < 4.78 is 6.66. The van der Waals surface area contributed by atoms with Gasteiger partial charge >= 0.3 is 5.97 Å². The number of carbonyl (C=O) groups is 2. The molecule has 2 aromatic rings. The second-order valence-corrected chi connectivity index (χ2v) is 7.23. The van der Waals surface area contributed by atoms with Gasteiger partial charge < -0.3 is 19.1 Å². The van der Waals surface area contributed by atoms with Gasteiger partial charge in [-0.05, 0) is 19.1 Å². The molecule has 0 radical (unpaired) electrons. The highest BCUT2D eigenvalue weighted by Gasteiger charge is 2.22. The lowest BCUT2D eigenvalue weighted by Gasteiger charge is -2.35. The van der Waals surface area contributed by atoms with Gasteiger partial charge in [0.25, 0.3) is 0 Å². The number of pyridine rings is 1. The molecule has 0 N–H and O–H groups in total. The minimum atomic E-state index is -0.337. The molecule has 0 unspecified atom stereocenters. The standard InChI is InChI=1S/C18H24N6O3S/c1-3-27-17(26)12-15-20-21-18(22(15)2)28-13-16(25)24-10-8-23(9-11-24)14-6-4-5-7-19-14/h4-7H,3,8-13H2,1-2H3. The Balaban J connectivity index is 1.47. The van der Waals surface area contributed by atoms with Crippen LogP contribution in [0.3, 0.4) is 0 Å². The van der Waals surface area contributed by atoms with Gasteiger partial charge in [-0.3, -0.25) is 9.59 Å². The van der Waals surface area contributed by atoms with E-state index in [2.05, 4.69) is 20.1 Å². The summed E-state index contributed by atoms with van der Waals surface area (Å²) in [6.45, 7) is 4.96. The highest BCUT2D eigenvalue weighted by atomic mass is 32.2. The van der Waals surface area contributed by atoms with Crippen molar-refractivity contribution in [1.82, 2.24) is 24.6 Å². The van der Waals surface area contributed by atoms with Crippen LogP contribution in [0.2, 0.25) is 0 Å². The molecular formula is C18H24N6O3S. The third kappa shape index (κ3) is 5.00. The summed E-state index contributed by atoms with van der Waals surface area (Å²) in [6, 6.07) is 5.84. The van der Waals surface area contributed by atoms with Crippen LogP contribution in [0.15, 0.2) is 29.6 Å². The van der Waals surface area contributed by atoms with Gasteiger partial charge in [-0.25, -0.2) is 4.98 Å². The molecule has 1 saturated heterocycles. The van der Waals surface area contributed by atoms with Crippen LogP contribution in [-0.2, 0) is 27.8 Å². The Morgan fingerprint density at radius 3 is 2.64 bits per heavy atom. The van der Waals surface area contributed by atoms with Crippen molar-refractivity contribution in [2.24, 2.45) is 7.05 Å². The molecular weight excluding hydrogens is 380 g/mol. The maximum Gasteiger partial charge on any atom is 0.313 e. The van der Waals surface area contributed by atoms with Gasteiger partial charge in [-0.2, -0.15) is 0 Å². The minimum Gasteiger partial charge on any atom is -0.466 e. The summed E-state index contributed by atoms with van der Waals surface area (Å²) in [7, 11) is 1.78. The van der Waals surface area contributed by atoms with E-state index < -0.39 is 0 Å². The molecule has 0 aromatic carbocycles. The third-order valence-corrected chi connectivity index (χ3v) is 5.47. The molecule has 9 nitrogen and oxygen atoms in total. The lowest BCUT2D eigenvalue weighted by molar-refractivity contribution is -0.142. The van der Waals surface area contributed by atoms with E-state index in [1.165, 1.54) is 11.8 Å². The number of rotatable bonds is 7. The monoisotopic (exact) mass is 404 g/mol. The Kier molecular flexibility index (Phi) is 6.85. The van der Waals surface area contributed by atoms with E-state index in [0.717, 1.165) is 18.9 Å². The zero-order valence-corrected chi connectivity index (χ0v) is 16.9. The Labute approximate surface area is 168 Å². The van der Waals surface area contributed by atoms with Crippen molar-refractivity contribution in [2.45, 2.75) is 18.5 Å². The molecule has 1 amide bonds. The van der Waals surface area contributed by atoms with Gasteiger partial charge in [0, 0.05) is 39.4 Å². The smallest absolute Gasteiger partial charge is 0.313 e. The number of ether oxygens (including phenoxy) is 1. The second kappa shape index (κ2) is 9.54. The quantitative estimate of drug-likeness (QED) is 0.493. The van der Waals surface area contributed by atoms with Gasteiger partial charge in [0.2, 0.25) is 5.91 Å². The molecule has 1 fully saturated rings. The van der Waals surface area contributed by atoms with Crippen molar-refractivity contribution in [3.63, 3.8) is 0 Å². The van der Waals surface area contributed by atoms with Gasteiger partial charge in [-0.15, -0.1) is 10.2 Å². The van der Waals surface area contributed by atoms with Crippen LogP contribution >= 0.6 is 11.8 Å². The molecule has 150 valence electrons. The second-order valence-electron chi connectivity index (χ2n) is 6.28. The van der Waals surface area contributed by atoms with Crippen molar-refractivity contribution in [1.29, 1.82) is 0 Å². The normalized spacial score (nSPS) is 14.2. The van der Waals surface area contributed by atoms with Gasteiger partial charge in [0.05, 0.1) is 12.4 Å². The highest BCUT2D eigenvalue weighted by molar-refractivity contribution is 7.99. The molecule has 0 bridgehead atoms. The van der Waals surface area contributed by atoms with Crippen LogP contribution in [0.25, 0.3) is 0 Å². The van der Waals surface area contributed by atoms with Gasteiger partial charge in [0.1, 0.15) is 18.1 Å². The van der Waals surface area contributed by atoms with Crippen LogP contribution in [0, 0.1) is 0 Å². The number of hydrogen-bond acceptors (Lipinski definition) is 8. The topological polar surface area (TPSA) is 93.4 Å². The first-order valence-electron chi connectivity index (χ1n) is 9.19. The average molecular weight is 404 g/mol. The summed E-state index contributed by atoms with van der Waals surface area (Å²) in [5.74, 6) is 1.49. The molecule has 3 heterocycles. The van der Waals surface area contributed by atoms with Crippen molar-refractivity contribution in [2.75, 3.05) is 43.4 Å². The van der Waals surface area contributed by atoms with Crippen LogP contribution < -0.4 is 4.90 Å². The van der Waals surface area contributed by atoms with Crippen molar-refractivity contribution >= 4 is 29.5 Å². The van der Waals surface area contributed by atoms with Gasteiger partial charge in [-0.1, -0.05) is 17.8 Å². The Bertz CT molecular complexity index is 805. The SMILES string of the molecule is CCOC(=O)Cc1nnc(SCC(=O)N2CCN(c3ccccn3)CC2)n1C. The number of hydrogen-bond donors (Lipinski definition) is 0. The molecule has 1 aliphatic heterocycles. The summed E-state index contributed by atoms with van der Waals surface area (Å²) in [5, 5.41) is 8.71. The molecule has 0 spiro atoms. The number of esters is 1. The third-order valence-electron chi connectivity index (χ3n) is 4.46. The fourth-order valence-electron chi connectivity index (χ4n) is 2.91. The fraction of sp³-hybridized carbons (Fsp3) is 0.500. The molecule has 0 atom stereocenters. The zero-order valence-electron chi connectivity index (χ0n) is 16.1. The Morgan fingerprint density at radius 2 is 1.96 bits per heavy atom. The van der Waals surface area contributed by atoms with Crippen LogP contribution in [0.4, 0.5) is 5.82 Å².